The molecule has 0 aliphatic carbocycles. The lowest BCUT2D eigenvalue weighted by Gasteiger charge is -2.32. The molecular formula is C18H26N4O4. The molecule has 1 saturated heterocycles. The van der Waals surface area contributed by atoms with Crippen molar-refractivity contribution >= 4 is 29.4 Å². The van der Waals surface area contributed by atoms with E-state index in [2.05, 4.69) is 20.7 Å². The van der Waals surface area contributed by atoms with Crippen LogP contribution < -0.4 is 16.0 Å². The number of piperidine rings is 1. The molecule has 1 aromatic carbocycles. The minimum absolute atomic E-state index is 0.0163. The monoisotopic (exact) mass is 362 g/mol. The normalized spacial score (nSPS) is 16.5. The maximum Gasteiger partial charge on any atom is 0.411 e. The van der Waals surface area contributed by atoms with Gasteiger partial charge in [-0.05, 0) is 43.5 Å². The van der Waals surface area contributed by atoms with Crippen LogP contribution >= 0.6 is 0 Å². The second-order valence-electron chi connectivity index (χ2n) is 6.20. The van der Waals surface area contributed by atoms with E-state index in [0.717, 1.165) is 19.3 Å². The first kappa shape index (κ1) is 19.6. The maximum atomic E-state index is 12.5. The first-order valence-electron chi connectivity index (χ1n) is 8.82. The number of urea groups is 1. The number of benzene rings is 1. The van der Waals surface area contributed by atoms with Crippen LogP contribution in [0.4, 0.5) is 21.0 Å². The Balaban J connectivity index is 1.88. The fourth-order valence-corrected chi connectivity index (χ4v) is 2.78. The van der Waals surface area contributed by atoms with E-state index in [-0.39, 0.29) is 17.9 Å². The molecular weight excluding hydrogens is 336 g/mol. The smallest absolute Gasteiger partial charge is 0.411 e. The van der Waals surface area contributed by atoms with Crippen molar-refractivity contribution in [3.63, 3.8) is 0 Å². The van der Waals surface area contributed by atoms with Gasteiger partial charge in [-0.25, -0.2) is 9.59 Å². The molecule has 1 aromatic rings. The zero-order valence-electron chi connectivity index (χ0n) is 15.2. The van der Waals surface area contributed by atoms with E-state index in [9.17, 15) is 14.4 Å². The number of hydrogen-bond donors (Lipinski definition) is 3. The molecule has 1 aliphatic heterocycles. The van der Waals surface area contributed by atoms with Crippen molar-refractivity contribution in [2.24, 2.45) is 5.92 Å². The highest BCUT2D eigenvalue weighted by Gasteiger charge is 2.28. The summed E-state index contributed by atoms with van der Waals surface area (Å²) in [4.78, 5) is 37.4. The number of methoxy groups -OCH3 is 1. The minimum atomic E-state index is -0.553. The van der Waals surface area contributed by atoms with Crippen LogP contribution in [0.3, 0.4) is 0 Å². The molecule has 2 rings (SSSR count). The van der Waals surface area contributed by atoms with Crippen LogP contribution in [0.5, 0.6) is 0 Å². The van der Waals surface area contributed by atoms with Gasteiger partial charge in [0.25, 0.3) is 0 Å². The van der Waals surface area contributed by atoms with Gasteiger partial charge in [0.05, 0.1) is 13.0 Å². The van der Waals surface area contributed by atoms with Crippen molar-refractivity contribution in [3.8, 4) is 0 Å². The van der Waals surface area contributed by atoms with Gasteiger partial charge >= 0.3 is 12.1 Å². The fraction of sp³-hybridized carbons (Fsp3) is 0.500. The quantitative estimate of drug-likeness (QED) is 0.750. The standard InChI is InChI=1S/C18H26N4O4/c1-3-10-19-16(23)13-5-4-11-22(12-13)17(24)20-14-6-8-15(9-7-14)21-18(25)26-2/h6-9,13H,3-5,10-12H2,1-2H3,(H,19,23)(H,20,24)(H,21,25)/t13-/m0/s1. The van der Waals surface area contributed by atoms with E-state index in [4.69, 9.17) is 0 Å². The molecule has 142 valence electrons. The summed E-state index contributed by atoms with van der Waals surface area (Å²) in [6.07, 6.45) is 1.94. The Labute approximate surface area is 153 Å². The van der Waals surface area contributed by atoms with Crippen LogP contribution in [0.2, 0.25) is 0 Å². The minimum Gasteiger partial charge on any atom is -0.453 e. The second-order valence-corrected chi connectivity index (χ2v) is 6.20. The highest BCUT2D eigenvalue weighted by molar-refractivity contribution is 5.91. The summed E-state index contributed by atoms with van der Waals surface area (Å²) in [6, 6.07) is 6.50. The summed E-state index contributed by atoms with van der Waals surface area (Å²) in [5, 5.41) is 8.26. The molecule has 8 nitrogen and oxygen atoms in total. The van der Waals surface area contributed by atoms with E-state index >= 15 is 0 Å². The first-order valence-corrected chi connectivity index (χ1v) is 8.82. The number of hydrogen-bond acceptors (Lipinski definition) is 4. The average molecular weight is 362 g/mol. The summed E-state index contributed by atoms with van der Waals surface area (Å²) in [7, 11) is 1.29. The van der Waals surface area contributed by atoms with Gasteiger partial charge in [0.15, 0.2) is 0 Å². The zero-order chi connectivity index (χ0) is 18.9. The highest BCUT2D eigenvalue weighted by Crippen LogP contribution is 2.19. The first-order chi connectivity index (χ1) is 12.5. The number of nitrogens with zero attached hydrogens (tertiary/aromatic N) is 1. The number of nitrogens with one attached hydrogen (secondary N) is 3. The van der Waals surface area contributed by atoms with E-state index < -0.39 is 6.09 Å². The van der Waals surface area contributed by atoms with Crippen LogP contribution in [0.1, 0.15) is 26.2 Å². The average Bonchev–Trinajstić information content (AvgIpc) is 2.67. The van der Waals surface area contributed by atoms with E-state index in [0.29, 0.717) is 31.0 Å². The topological polar surface area (TPSA) is 99.8 Å². The molecule has 3 N–H and O–H groups in total. The number of carbonyl (C=O) groups is 3. The van der Waals surface area contributed by atoms with E-state index in [1.807, 2.05) is 6.92 Å². The molecule has 0 saturated carbocycles. The zero-order valence-corrected chi connectivity index (χ0v) is 15.2. The number of amides is 4. The highest BCUT2D eigenvalue weighted by atomic mass is 16.5. The Hall–Kier alpha value is -2.77. The molecule has 0 bridgehead atoms. The Bertz CT molecular complexity index is 633. The Morgan fingerprint density at radius 2 is 1.81 bits per heavy atom. The number of anilines is 2. The molecule has 1 heterocycles. The van der Waals surface area contributed by atoms with Crippen molar-refractivity contribution in [2.75, 3.05) is 37.4 Å². The molecule has 26 heavy (non-hydrogen) atoms. The summed E-state index contributed by atoms with van der Waals surface area (Å²) in [5.41, 5.74) is 1.18. The van der Waals surface area contributed by atoms with Crippen molar-refractivity contribution in [3.05, 3.63) is 24.3 Å². The molecule has 0 aromatic heterocycles. The van der Waals surface area contributed by atoms with Gasteiger partial charge in [0.2, 0.25) is 5.91 Å². The molecule has 4 amide bonds. The van der Waals surface area contributed by atoms with Gasteiger partial charge in [-0.15, -0.1) is 0 Å². The van der Waals surface area contributed by atoms with Crippen LogP contribution in [0.25, 0.3) is 0 Å². The third kappa shape index (κ3) is 5.65. The van der Waals surface area contributed by atoms with Gasteiger partial charge in [0, 0.05) is 31.0 Å². The van der Waals surface area contributed by atoms with Gasteiger partial charge in [-0.3, -0.25) is 10.1 Å². The number of rotatable bonds is 5. The Morgan fingerprint density at radius 1 is 1.15 bits per heavy atom. The van der Waals surface area contributed by atoms with Gasteiger partial charge in [-0.2, -0.15) is 0 Å². The fourth-order valence-electron chi connectivity index (χ4n) is 2.78. The lowest BCUT2D eigenvalue weighted by atomic mass is 9.97. The lowest BCUT2D eigenvalue weighted by Crippen LogP contribution is -2.47. The van der Waals surface area contributed by atoms with Crippen molar-refractivity contribution in [2.45, 2.75) is 26.2 Å². The van der Waals surface area contributed by atoms with Crippen molar-refractivity contribution in [1.29, 1.82) is 0 Å². The number of carbonyl (C=O) groups excluding carboxylic acids is 3. The predicted molar refractivity (Wildman–Crippen MR) is 99.1 cm³/mol. The summed E-state index contributed by atoms with van der Waals surface area (Å²) >= 11 is 0. The Kier molecular flexibility index (Phi) is 7.25. The molecule has 0 unspecified atom stereocenters. The lowest BCUT2D eigenvalue weighted by molar-refractivity contribution is -0.126. The molecule has 0 radical (unpaired) electrons. The predicted octanol–water partition coefficient (Wildman–Crippen LogP) is 2.64. The van der Waals surface area contributed by atoms with Crippen LogP contribution in [-0.2, 0) is 9.53 Å². The molecule has 1 aliphatic rings. The second kappa shape index (κ2) is 9.65. The van der Waals surface area contributed by atoms with Crippen LogP contribution in [-0.4, -0.2) is 49.7 Å². The largest absolute Gasteiger partial charge is 0.453 e. The Morgan fingerprint density at radius 3 is 2.42 bits per heavy atom. The summed E-state index contributed by atoms with van der Waals surface area (Å²) in [5.74, 6) is -0.143. The maximum absolute atomic E-state index is 12.5. The molecule has 1 fully saturated rings. The third-order valence-corrected chi connectivity index (χ3v) is 4.20. The van der Waals surface area contributed by atoms with Crippen LogP contribution in [0, 0.1) is 5.92 Å². The summed E-state index contributed by atoms with van der Waals surface area (Å²) in [6.45, 7) is 3.72. The number of ether oxygens (including phenoxy) is 1. The SMILES string of the molecule is CCCNC(=O)[C@H]1CCCN(C(=O)Nc2ccc(NC(=O)OC)cc2)C1. The van der Waals surface area contributed by atoms with Crippen molar-refractivity contribution in [1.82, 2.24) is 10.2 Å². The molecule has 1 atom stereocenters. The third-order valence-electron chi connectivity index (χ3n) is 4.20. The molecule has 0 spiro atoms. The number of likely N-dealkylation sites (tertiary alicyclic amines) is 1. The molecule has 8 heteroatoms. The van der Waals surface area contributed by atoms with Gasteiger partial charge in [0.1, 0.15) is 0 Å². The summed E-state index contributed by atoms with van der Waals surface area (Å²) < 4.78 is 4.52. The van der Waals surface area contributed by atoms with E-state index in [1.54, 1.807) is 29.2 Å². The van der Waals surface area contributed by atoms with E-state index in [1.165, 1.54) is 7.11 Å². The van der Waals surface area contributed by atoms with Gasteiger partial charge in [-0.1, -0.05) is 6.92 Å². The van der Waals surface area contributed by atoms with Gasteiger partial charge < -0.3 is 20.3 Å². The van der Waals surface area contributed by atoms with Crippen molar-refractivity contribution < 1.29 is 19.1 Å². The van der Waals surface area contributed by atoms with Crippen LogP contribution in [0.15, 0.2) is 24.3 Å².